The molecule has 2 rings (SSSR count). The molecule has 58 valence electrons. The van der Waals surface area contributed by atoms with Crippen molar-refractivity contribution in [3.05, 3.63) is 35.4 Å². The zero-order chi connectivity index (χ0) is 7.84. The maximum atomic E-state index is 12.8. The van der Waals surface area contributed by atoms with Crippen LogP contribution in [0, 0.1) is 11.6 Å². The molecule has 1 aromatic carbocycles. The Bertz CT molecular complexity index is 281. The minimum Gasteiger partial charge on any atom is -0.368 e. The third kappa shape index (κ3) is 1.12. The van der Waals surface area contributed by atoms with E-state index in [0.717, 1.165) is 6.07 Å². The molecule has 1 fully saturated rings. The smallest absolute Gasteiger partial charge is 0.164 e. The van der Waals surface area contributed by atoms with Gasteiger partial charge in [-0.05, 0) is 6.07 Å². The van der Waals surface area contributed by atoms with Crippen LogP contribution in [0.15, 0.2) is 18.2 Å². The van der Waals surface area contributed by atoms with E-state index in [1.807, 2.05) is 0 Å². The van der Waals surface area contributed by atoms with Crippen molar-refractivity contribution in [2.24, 2.45) is 0 Å². The molecule has 1 heterocycles. The minimum atomic E-state index is -0.807. The minimum absolute atomic E-state index is 0.217. The van der Waals surface area contributed by atoms with E-state index in [1.165, 1.54) is 12.1 Å². The third-order valence-corrected chi connectivity index (χ3v) is 1.66. The van der Waals surface area contributed by atoms with Crippen molar-refractivity contribution < 1.29 is 13.5 Å². The molecule has 0 aromatic heterocycles. The molecule has 0 saturated carbocycles. The number of halogens is 2. The van der Waals surface area contributed by atoms with Gasteiger partial charge in [0.15, 0.2) is 11.6 Å². The molecule has 0 aliphatic carbocycles. The van der Waals surface area contributed by atoms with E-state index in [-0.39, 0.29) is 6.10 Å². The van der Waals surface area contributed by atoms with Gasteiger partial charge in [-0.25, -0.2) is 8.78 Å². The van der Waals surface area contributed by atoms with Gasteiger partial charge in [0.25, 0.3) is 0 Å². The lowest BCUT2D eigenvalue weighted by molar-refractivity contribution is 0.401. The van der Waals surface area contributed by atoms with Crippen molar-refractivity contribution >= 4 is 0 Å². The maximum Gasteiger partial charge on any atom is 0.164 e. The summed E-state index contributed by atoms with van der Waals surface area (Å²) in [5, 5.41) is 0. The van der Waals surface area contributed by atoms with Crippen molar-refractivity contribution in [2.45, 2.75) is 6.10 Å². The number of ether oxygens (including phenoxy) is 1. The Labute approximate surface area is 62.6 Å². The molecule has 0 bridgehead atoms. The third-order valence-electron chi connectivity index (χ3n) is 1.66. The fourth-order valence-electron chi connectivity index (χ4n) is 0.997. The summed E-state index contributed by atoms with van der Waals surface area (Å²) in [6.45, 7) is 0.500. The number of hydrogen-bond acceptors (Lipinski definition) is 1. The first-order valence-electron chi connectivity index (χ1n) is 3.34. The molecular weight excluding hydrogens is 150 g/mol. The number of epoxide rings is 1. The summed E-state index contributed by atoms with van der Waals surface area (Å²) in [6, 6.07) is 4.12. The SMILES string of the molecule is Fc1cccc([C@@H]2CO2)c1F. The second-order valence-electron chi connectivity index (χ2n) is 2.47. The molecule has 0 unspecified atom stereocenters. The predicted octanol–water partition coefficient (Wildman–Crippen LogP) is 2.04. The second-order valence-corrected chi connectivity index (χ2v) is 2.47. The summed E-state index contributed by atoms with van der Waals surface area (Å²) in [6.07, 6.45) is -0.217. The van der Waals surface area contributed by atoms with E-state index in [2.05, 4.69) is 0 Å². The van der Waals surface area contributed by atoms with Crippen molar-refractivity contribution in [1.29, 1.82) is 0 Å². The van der Waals surface area contributed by atoms with Gasteiger partial charge >= 0.3 is 0 Å². The number of rotatable bonds is 1. The summed E-state index contributed by atoms with van der Waals surface area (Å²) in [7, 11) is 0. The molecule has 11 heavy (non-hydrogen) atoms. The first kappa shape index (κ1) is 6.73. The summed E-state index contributed by atoms with van der Waals surface area (Å²) in [4.78, 5) is 0. The van der Waals surface area contributed by atoms with Crippen LogP contribution in [0.5, 0.6) is 0 Å². The largest absolute Gasteiger partial charge is 0.368 e. The summed E-state index contributed by atoms with van der Waals surface area (Å²) >= 11 is 0. The van der Waals surface area contributed by atoms with E-state index in [9.17, 15) is 8.78 Å². The molecule has 1 aromatic rings. The Morgan fingerprint density at radius 2 is 2.09 bits per heavy atom. The number of benzene rings is 1. The highest BCUT2D eigenvalue weighted by Crippen LogP contribution is 2.31. The molecule has 0 amide bonds. The molecule has 0 spiro atoms. The molecule has 1 aliphatic rings. The van der Waals surface area contributed by atoms with Crippen molar-refractivity contribution in [2.75, 3.05) is 6.61 Å². The molecule has 0 radical (unpaired) electrons. The van der Waals surface area contributed by atoms with E-state index >= 15 is 0 Å². The van der Waals surface area contributed by atoms with E-state index < -0.39 is 11.6 Å². The first-order valence-corrected chi connectivity index (χ1v) is 3.34. The van der Waals surface area contributed by atoms with E-state index in [0.29, 0.717) is 12.2 Å². The van der Waals surface area contributed by atoms with Gasteiger partial charge in [0.2, 0.25) is 0 Å². The Hall–Kier alpha value is -0.960. The highest BCUT2D eigenvalue weighted by molar-refractivity contribution is 5.23. The van der Waals surface area contributed by atoms with Crippen LogP contribution in [-0.2, 0) is 4.74 Å². The molecule has 1 nitrogen and oxygen atoms in total. The van der Waals surface area contributed by atoms with Crippen LogP contribution in [0.1, 0.15) is 11.7 Å². The first-order chi connectivity index (χ1) is 5.29. The van der Waals surface area contributed by atoms with Crippen molar-refractivity contribution in [3.63, 3.8) is 0 Å². The van der Waals surface area contributed by atoms with Gasteiger partial charge in [-0.15, -0.1) is 0 Å². The fraction of sp³-hybridized carbons (Fsp3) is 0.250. The maximum absolute atomic E-state index is 12.8. The van der Waals surface area contributed by atoms with Gasteiger partial charge in [-0.2, -0.15) is 0 Å². The average molecular weight is 156 g/mol. The van der Waals surface area contributed by atoms with Crippen LogP contribution in [0.25, 0.3) is 0 Å². The molecular formula is C8H6F2O. The quantitative estimate of drug-likeness (QED) is 0.567. The highest BCUT2D eigenvalue weighted by atomic mass is 19.2. The molecule has 1 atom stereocenters. The monoisotopic (exact) mass is 156 g/mol. The average Bonchev–Trinajstić information content (AvgIpc) is 2.77. The Balaban J connectivity index is 2.45. The highest BCUT2D eigenvalue weighted by Gasteiger charge is 2.28. The van der Waals surface area contributed by atoms with E-state index in [1.54, 1.807) is 0 Å². The Kier molecular flexibility index (Phi) is 1.39. The molecule has 1 aliphatic heterocycles. The van der Waals surface area contributed by atoms with Gasteiger partial charge in [-0.1, -0.05) is 12.1 Å². The van der Waals surface area contributed by atoms with Gasteiger partial charge in [0.1, 0.15) is 6.10 Å². The van der Waals surface area contributed by atoms with Gasteiger partial charge in [-0.3, -0.25) is 0 Å². The summed E-state index contributed by atoms with van der Waals surface area (Å²) in [5.74, 6) is -1.59. The molecule has 1 saturated heterocycles. The molecule has 3 heteroatoms. The lowest BCUT2D eigenvalue weighted by Crippen LogP contribution is -1.91. The van der Waals surface area contributed by atoms with Crippen molar-refractivity contribution in [3.8, 4) is 0 Å². The fourth-order valence-corrected chi connectivity index (χ4v) is 0.997. The topological polar surface area (TPSA) is 12.5 Å². The van der Waals surface area contributed by atoms with Gasteiger partial charge < -0.3 is 4.74 Å². The summed E-state index contributed by atoms with van der Waals surface area (Å²) in [5.41, 5.74) is 0.324. The van der Waals surface area contributed by atoms with Crippen LogP contribution in [-0.4, -0.2) is 6.61 Å². The van der Waals surface area contributed by atoms with E-state index in [4.69, 9.17) is 4.74 Å². The number of hydrogen-bond donors (Lipinski definition) is 0. The molecule has 0 N–H and O–H groups in total. The van der Waals surface area contributed by atoms with Crippen LogP contribution in [0.4, 0.5) is 8.78 Å². The lowest BCUT2D eigenvalue weighted by atomic mass is 10.1. The van der Waals surface area contributed by atoms with Crippen molar-refractivity contribution in [1.82, 2.24) is 0 Å². The predicted molar refractivity (Wildman–Crippen MR) is 35.1 cm³/mol. The lowest BCUT2D eigenvalue weighted by Gasteiger charge is -1.97. The van der Waals surface area contributed by atoms with Crippen LogP contribution in [0.3, 0.4) is 0 Å². The van der Waals surface area contributed by atoms with Crippen LogP contribution in [0.2, 0.25) is 0 Å². The van der Waals surface area contributed by atoms with Gasteiger partial charge in [0.05, 0.1) is 6.61 Å². The zero-order valence-electron chi connectivity index (χ0n) is 5.68. The second kappa shape index (κ2) is 2.27. The van der Waals surface area contributed by atoms with Crippen LogP contribution < -0.4 is 0 Å². The zero-order valence-corrected chi connectivity index (χ0v) is 5.68. The normalized spacial score (nSPS) is 21.8. The van der Waals surface area contributed by atoms with Crippen LogP contribution >= 0.6 is 0 Å². The Morgan fingerprint density at radius 3 is 2.73 bits per heavy atom. The van der Waals surface area contributed by atoms with Gasteiger partial charge in [0, 0.05) is 5.56 Å². The summed E-state index contributed by atoms with van der Waals surface area (Å²) < 4.78 is 30.2. The Morgan fingerprint density at radius 1 is 1.36 bits per heavy atom. The standard InChI is InChI=1S/C8H6F2O/c9-6-3-1-2-5(8(6)10)7-4-11-7/h1-3,7H,4H2/t7-/m0/s1.